The van der Waals surface area contributed by atoms with Gasteiger partial charge in [-0.15, -0.1) is 0 Å². The van der Waals surface area contributed by atoms with Crippen molar-refractivity contribution in [3.05, 3.63) is 158 Å². The monoisotopic (exact) mass is 1220 g/mol. The highest BCUT2D eigenvalue weighted by Crippen LogP contribution is 2.37. The molecule has 5 aromatic carbocycles. The van der Waals surface area contributed by atoms with Crippen molar-refractivity contribution < 1.29 is 9.47 Å². The molecule has 0 amide bonds. The lowest BCUT2D eigenvalue weighted by Gasteiger charge is -2.18. The Hall–Kier alpha value is -6.68. The average Bonchev–Trinajstić information content (AvgIpc) is 1.56. The number of rotatable bonds is 42. The molecule has 0 aliphatic heterocycles. The second-order valence-electron chi connectivity index (χ2n) is 26.2. The largest absolute Gasteiger partial charge is 0.494 e. The van der Waals surface area contributed by atoms with E-state index in [0.717, 1.165) is 91.3 Å². The van der Waals surface area contributed by atoms with Crippen LogP contribution in [0.3, 0.4) is 0 Å². The number of hydrogen-bond acceptors (Lipinski definition) is 8. The summed E-state index contributed by atoms with van der Waals surface area (Å²) in [4.78, 5) is 67.9. The number of benzene rings is 5. The molecule has 0 saturated heterocycles. The van der Waals surface area contributed by atoms with Gasteiger partial charge in [0.15, 0.2) is 0 Å². The molecule has 0 aliphatic carbocycles. The van der Waals surface area contributed by atoms with E-state index in [9.17, 15) is 19.2 Å². The van der Waals surface area contributed by atoms with Crippen molar-refractivity contribution in [1.82, 2.24) is 9.13 Å². The van der Waals surface area contributed by atoms with Crippen LogP contribution >= 0.6 is 0 Å². The Balaban J connectivity index is 0.914. The maximum Gasteiger partial charge on any atom is 0.266 e. The molecule has 0 aliphatic rings. The van der Waals surface area contributed by atoms with Gasteiger partial charge in [0, 0.05) is 12.4 Å². The highest BCUT2D eigenvalue weighted by Gasteiger charge is 2.26. The molecule has 0 saturated carbocycles. The van der Waals surface area contributed by atoms with Crippen LogP contribution in [0.2, 0.25) is 0 Å². The summed E-state index contributed by atoms with van der Waals surface area (Å²) in [6, 6.07) is 18.8. The van der Waals surface area contributed by atoms with Crippen LogP contribution in [0.5, 0.6) is 11.5 Å². The van der Waals surface area contributed by atoms with Gasteiger partial charge in [-0.25, -0.2) is 9.13 Å². The minimum Gasteiger partial charge on any atom is -0.494 e. The Morgan fingerprint density at radius 1 is 0.311 bits per heavy atom. The van der Waals surface area contributed by atoms with Gasteiger partial charge in [0.1, 0.15) is 11.5 Å². The zero-order valence-corrected chi connectivity index (χ0v) is 57.2. The summed E-state index contributed by atoms with van der Waals surface area (Å²) >= 11 is 0. The van der Waals surface area contributed by atoms with Crippen LogP contribution < -0.4 is 31.7 Å². The van der Waals surface area contributed by atoms with Crippen LogP contribution in [0.1, 0.15) is 275 Å². The van der Waals surface area contributed by atoms with Crippen LogP contribution in [-0.2, 0) is 0 Å². The van der Waals surface area contributed by atoms with E-state index in [4.69, 9.17) is 19.5 Å². The van der Waals surface area contributed by atoms with Crippen LogP contribution in [0.25, 0.3) is 32.9 Å². The smallest absolute Gasteiger partial charge is 0.266 e. The standard InChI is InChI=1S/C80H110N4O6/c1-11-13-15-17-19-21-23-25-27-29-31-33-35-37-39-41-51-89-67-47-43-65(44-48-67)55-81-73-57(3)61(7)75(62(8)58(73)4)83-77(85)69-53-71-72(54-70(69)78(83)86)80(88)84(79(71)87)76-63(9)59(5)74(60(6)64(76)10)82-56-66-45-49-68(50-46-66)90-52-42-40-38-36-34-32-30-28-26-24-22-20-18-16-14-12-2/h43-50,53-56H,11-42,51-52H2,1-10H3. The number of unbranched alkanes of at least 4 members (excludes halogenated alkanes) is 30. The van der Waals surface area contributed by atoms with Crippen LogP contribution in [0.15, 0.2) is 89.8 Å². The Morgan fingerprint density at radius 3 is 0.767 bits per heavy atom. The van der Waals surface area contributed by atoms with Crippen LogP contribution in [0, 0.1) is 55.4 Å². The number of nitrogens with zero attached hydrogens (tertiary/aromatic N) is 4. The molecular weight excluding hydrogens is 1110 g/mol. The first-order valence-corrected chi connectivity index (χ1v) is 35.4. The third-order valence-electron chi connectivity index (χ3n) is 19.4. The first kappa shape index (κ1) is 70.8. The van der Waals surface area contributed by atoms with Crippen LogP contribution in [-0.4, -0.2) is 34.8 Å². The third kappa shape index (κ3) is 19.2. The van der Waals surface area contributed by atoms with Gasteiger partial charge >= 0.3 is 0 Å². The third-order valence-corrected chi connectivity index (χ3v) is 19.4. The van der Waals surface area contributed by atoms with E-state index in [-0.39, 0.29) is 21.5 Å². The quantitative estimate of drug-likeness (QED) is 0.0278. The number of ether oxygens (including phenoxy) is 2. The maximum absolute atomic E-state index is 14.5. The molecule has 0 N–H and O–H groups in total. The molecule has 10 nitrogen and oxygen atoms in total. The predicted octanol–water partition coefficient (Wildman–Crippen LogP) is 21.1. The minimum absolute atomic E-state index is 0.0934. The van der Waals surface area contributed by atoms with E-state index in [2.05, 4.69) is 13.8 Å². The molecule has 10 heteroatoms. The van der Waals surface area contributed by atoms with Crippen molar-refractivity contribution in [2.45, 2.75) is 275 Å². The molecule has 0 fully saturated rings. The number of aromatic nitrogens is 2. The van der Waals surface area contributed by atoms with Gasteiger partial charge in [-0.2, -0.15) is 0 Å². The molecule has 0 unspecified atom stereocenters. The summed E-state index contributed by atoms with van der Waals surface area (Å²) in [6.45, 7) is 21.4. The highest BCUT2D eigenvalue weighted by molar-refractivity contribution is 5.99. The molecule has 0 spiro atoms. The zero-order chi connectivity index (χ0) is 64.4. The van der Waals surface area contributed by atoms with E-state index in [1.165, 1.54) is 214 Å². The topological polar surface area (TPSA) is 121 Å². The van der Waals surface area contributed by atoms with E-state index in [1.807, 2.05) is 116 Å². The molecule has 486 valence electrons. The fourth-order valence-corrected chi connectivity index (χ4v) is 13.2. The summed E-state index contributed by atoms with van der Waals surface area (Å²) in [6.07, 6.45) is 46.7. The first-order chi connectivity index (χ1) is 43.7. The van der Waals surface area contributed by atoms with Crippen molar-refractivity contribution in [3.63, 3.8) is 0 Å². The van der Waals surface area contributed by atoms with Gasteiger partial charge < -0.3 is 9.47 Å². The Morgan fingerprint density at radius 2 is 0.533 bits per heavy atom. The van der Waals surface area contributed by atoms with E-state index >= 15 is 0 Å². The summed E-state index contributed by atoms with van der Waals surface area (Å²) in [5.74, 6) is 1.69. The summed E-state index contributed by atoms with van der Waals surface area (Å²) in [5, 5.41) is 0.374. The maximum atomic E-state index is 14.5. The molecule has 2 aromatic heterocycles. The van der Waals surface area contributed by atoms with Crippen LogP contribution in [0.4, 0.5) is 11.4 Å². The number of aliphatic imine (C=N–C) groups is 2. The average molecular weight is 1220 g/mol. The predicted molar refractivity (Wildman–Crippen MR) is 383 cm³/mol. The fourth-order valence-electron chi connectivity index (χ4n) is 13.2. The molecule has 0 atom stereocenters. The van der Waals surface area contributed by atoms with Crippen molar-refractivity contribution in [3.8, 4) is 22.9 Å². The Labute approximate surface area is 539 Å². The summed E-state index contributed by atoms with van der Waals surface area (Å²) in [7, 11) is 0. The molecule has 2 heterocycles. The van der Waals surface area contributed by atoms with Gasteiger partial charge in [-0.1, -0.05) is 206 Å². The SMILES string of the molecule is CCCCCCCCCCCCCCCCCCOc1ccc(C=Nc2c(C)c(C)c(-n3c(=O)c4cc5c(=O)n(-c6c(C)c(C)c(N=Cc7ccc(OCCCCCCCCCCCCCCCCCC)cc7)c(C)c6C)c(=O)c5cc4c3=O)c(C)c2C)cc1. The first-order valence-electron chi connectivity index (χ1n) is 35.4. The zero-order valence-electron chi connectivity index (χ0n) is 57.2. The molecule has 0 radical (unpaired) electrons. The second kappa shape index (κ2) is 37.0. The number of hydrogen-bond donors (Lipinski definition) is 0. The Bertz CT molecular complexity index is 3290. The van der Waals surface area contributed by atoms with Gasteiger partial charge in [0.2, 0.25) is 0 Å². The molecule has 7 rings (SSSR count). The van der Waals surface area contributed by atoms with Gasteiger partial charge in [-0.3, -0.25) is 29.2 Å². The summed E-state index contributed by atoms with van der Waals surface area (Å²) < 4.78 is 14.6. The molecule has 0 bridgehead atoms. The van der Waals surface area contributed by atoms with E-state index in [1.54, 1.807) is 0 Å². The van der Waals surface area contributed by atoms with Gasteiger partial charge in [0.05, 0.1) is 57.5 Å². The van der Waals surface area contributed by atoms with Gasteiger partial charge in [0.25, 0.3) is 22.2 Å². The minimum atomic E-state index is -0.538. The molecule has 90 heavy (non-hydrogen) atoms. The van der Waals surface area contributed by atoms with Crippen molar-refractivity contribution in [2.75, 3.05) is 13.2 Å². The summed E-state index contributed by atoms with van der Waals surface area (Å²) in [5.41, 5.74) is 8.54. The lowest BCUT2D eigenvalue weighted by molar-refractivity contribution is 0.304. The van der Waals surface area contributed by atoms with E-state index < -0.39 is 22.2 Å². The molecule has 7 aromatic rings. The second-order valence-corrected chi connectivity index (χ2v) is 26.2. The van der Waals surface area contributed by atoms with Crippen molar-refractivity contribution in [1.29, 1.82) is 0 Å². The van der Waals surface area contributed by atoms with Gasteiger partial charge in [-0.05, 0) is 185 Å². The lowest BCUT2D eigenvalue weighted by atomic mass is 9.96. The normalized spacial score (nSPS) is 11.9. The molecular formula is C80H110N4O6. The van der Waals surface area contributed by atoms with Crippen molar-refractivity contribution >= 4 is 45.3 Å². The van der Waals surface area contributed by atoms with E-state index in [0.29, 0.717) is 24.6 Å². The fraction of sp³-hybridized carbons (Fsp3) is 0.550. The van der Waals surface area contributed by atoms with Crippen molar-refractivity contribution in [2.24, 2.45) is 9.98 Å². The number of fused-ring (bicyclic) bond motifs is 2. The Kier molecular flexibility index (Phi) is 29.1. The lowest BCUT2D eigenvalue weighted by Crippen LogP contribution is -2.26. The highest BCUT2D eigenvalue weighted by atomic mass is 16.5.